The average Bonchev–Trinajstić information content (AvgIpc) is 2.72. The van der Waals surface area contributed by atoms with Crippen LogP contribution in [0, 0.1) is 0 Å². The summed E-state index contributed by atoms with van der Waals surface area (Å²) in [5.41, 5.74) is 2.44. The molecule has 27 heavy (non-hydrogen) atoms. The Hall–Kier alpha value is -1.90. The molecule has 0 aliphatic heterocycles. The SMILES string of the molecule is CCCCCCCCCCOc1cnc(-c2ccc(CCCC)cc2)nc1. The molecule has 0 radical (unpaired) electrons. The highest BCUT2D eigenvalue weighted by molar-refractivity contribution is 5.55. The summed E-state index contributed by atoms with van der Waals surface area (Å²) in [6.07, 6.45) is 17.7. The number of benzene rings is 1. The van der Waals surface area contributed by atoms with E-state index in [9.17, 15) is 0 Å². The molecular weight excluding hydrogens is 332 g/mol. The minimum atomic E-state index is 0.754. The van der Waals surface area contributed by atoms with Gasteiger partial charge in [-0.05, 0) is 24.8 Å². The van der Waals surface area contributed by atoms with Crippen molar-refractivity contribution in [3.05, 3.63) is 42.2 Å². The van der Waals surface area contributed by atoms with Gasteiger partial charge in [0.15, 0.2) is 11.6 Å². The summed E-state index contributed by atoms with van der Waals surface area (Å²) in [4.78, 5) is 8.92. The Morgan fingerprint density at radius 3 is 1.93 bits per heavy atom. The number of aromatic nitrogens is 2. The van der Waals surface area contributed by atoms with Crippen molar-refractivity contribution in [3.63, 3.8) is 0 Å². The molecule has 1 heterocycles. The minimum Gasteiger partial charge on any atom is -0.490 e. The molecule has 1 aromatic heterocycles. The summed E-state index contributed by atoms with van der Waals surface area (Å²) in [5.74, 6) is 1.53. The van der Waals surface area contributed by atoms with Crippen molar-refractivity contribution in [2.75, 3.05) is 6.61 Å². The molecule has 2 rings (SSSR count). The Morgan fingerprint density at radius 1 is 0.704 bits per heavy atom. The van der Waals surface area contributed by atoms with Gasteiger partial charge in [0, 0.05) is 5.56 Å². The van der Waals surface area contributed by atoms with Gasteiger partial charge in [0.1, 0.15) is 0 Å². The molecule has 0 fully saturated rings. The Balaban J connectivity index is 1.66. The lowest BCUT2D eigenvalue weighted by Crippen LogP contribution is -1.99. The maximum Gasteiger partial charge on any atom is 0.159 e. The van der Waals surface area contributed by atoms with Crippen molar-refractivity contribution in [2.45, 2.75) is 84.5 Å². The van der Waals surface area contributed by atoms with Crippen LogP contribution in [0.1, 0.15) is 83.6 Å². The molecule has 0 unspecified atom stereocenters. The van der Waals surface area contributed by atoms with Gasteiger partial charge >= 0.3 is 0 Å². The maximum absolute atomic E-state index is 5.78. The van der Waals surface area contributed by atoms with Gasteiger partial charge in [-0.2, -0.15) is 0 Å². The molecule has 2 aromatic rings. The molecule has 0 saturated heterocycles. The third kappa shape index (κ3) is 8.55. The number of aryl methyl sites for hydroxylation is 1. The normalized spacial score (nSPS) is 10.9. The quantitative estimate of drug-likeness (QED) is 0.336. The Morgan fingerprint density at radius 2 is 1.30 bits per heavy atom. The molecule has 1 aromatic carbocycles. The molecule has 0 N–H and O–H groups in total. The van der Waals surface area contributed by atoms with E-state index in [1.165, 1.54) is 63.4 Å². The molecule has 0 saturated carbocycles. The first-order valence-electron chi connectivity index (χ1n) is 10.9. The van der Waals surface area contributed by atoms with Crippen LogP contribution in [0.5, 0.6) is 5.75 Å². The largest absolute Gasteiger partial charge is 0.490 e. The summed E-state index contributed by atoms with van der Waals surface area (Å²) >= 11 is 0. The van der Waals surface area contributed by atoms with Crippen LogP contribution in [0.15, 0.2) is 36.7 Å². The zero-order valence-corrected chi connectivity index (χ0v) is 17.3. The van der Waals surface area contributed by atoms with Crippen molar-refractivity contribution in [1.82, 2.24) is 9.97 Å². The molecule has 0 aliphatic rings. The lowest BCUT2D eigenvalue weighted by Gasteiger charge is -2.07. The van der Waals surface area contributed by atoms with Gasteiger partial charge < -0.3 is 4.74 Å². The number of nitrogens with zero attached hydrogens (tertiary/aromatic N) is 2. The Kier molecular flexibility index (Phi) is 10.5. The van der Waals surface area contributed by atoms with Gasteiger partial charge in [-0.25, -0.2) is 9.97 Å². The highest BCUT2D eigenvalue weighted by atomic mass is 16.5. The summed E-state index contributed by atoms with van der Waals surface area (Å²) in [5, 5.41) is 0. The highest BCUT2D eigenvalue weighted by Gasteiger charge is 2.03. The van der Waals surface area contributed by atoms with Gasteiger partial charge in [0.25, 0.3) is 0 Å². The monoisotopic (exact) mass is 368 g/mol. The van der Waals surface area contributed by atoms with Crippen LogP contribution in [0.25, 0.3) is 11.4 Å². The fourth-order valence-corrected chi connectivity index (χ4v) is 3.17. The van der Waals surface area contributed by atoms with E-state index >= 15 is 0 Å². The number of hydrogen-bond donors (Lipinski definition) is 0. The molecular formula is C24H36N2O. The molecule has 0 aliphatic carbocycles. The van der Waals surface area contributed by atoms with E-state index in [0.29, 0.717) is 0 Å². The number of hydrogen-bond acceptors (Lipinski definition) is 3. The second-order valence-electron chi connectivity index (χ2n) is 7.37. The molecule has 3 heteroatoms. The van der Waals surface area contributed by atoms with Crippen molar-refractivity contribution in [1.29, 1.82) is 0 Å². The van der Waals surface area contributed by atoms with Crippen molar-refractivity contribution < 1.29 is 4.74 Å². The van der Waals surface area contributed by atoms with Crippen LogP contribution in [0.2, 0.25) is 0 Å². The zero-order chi connectivity index (χ0) is 19.2. The van der Waals surface area contributed by atoms with E-state index in [2.05, 4.69) is 48.1 Å². The summed E-state index contributed by atoms with van der Waals surface area (Å²) in [6.45, 7) is 5.24. The third-order valence-corrected chi connectivity index (χ3v) is 4.93. The molecule has 0 atom stereocenters. The fourth-order valence-electron chi connectivity index (χ4n) is 3.17. The number of rotatable bonds is 14. The highest BCUT2D eigenvalue weighted by Crippen LogP contribution is 2.18. The topological polar surface area (TPSA) is 35.0 Å². The summed E-state index contributed by atoms with van der Waals surface area (Å²) < 4.78 is 5.78. The zero-order valence-electron chi connectivity index (χ0n) is 17.3. The number of unbranched alkanes of at least 4 members (excludes halogenated alkanes) is 8. The smallest absolute Gasteiger partial charge is 0.159 e. The Labute approximate surface area is 165 Å². The van der Waals surface area contributed by atoms with E-state index in [-0.39, 0.29) is 0 Å². The average molecular weight is 369 g/mol. The van der Waals surface area contributed by atoms with E-state index in [1.807, 2.05) is 0 Å². The van der Waals surface area contributed by atoms with Crippen molar-refractivity contribution >= 4 is 0 Å². The minimum absolute atomic E-state index is 0.754. The van der Waals surface area contributed by atoms with Crippen molar-refractivity contribution in [2.24, 2.45) is 0 Å². The molecule has 148 valence electrons. The van der Waals surface area contributed by atoms with Gasteiger partial charge in [-0.3, -0.25) is 0 Å². The van der Waals surface area contributed by atoms with Gasteiger partial charge in [-0.15, -0.1) is 0 Å². The standard InChI is InChI=1S/C24H36N2O/c1-3-5-7-8-9-10-11-12-18-27-23-19-25-24(26-20-23)22-16-14-21(15-17-22)13-6-4-2/h14-17,19-20H,3-13,18H2,1-2H3. The van der Waals surface area contributed by atoms with Crippen LogP contribution in [0.4, 0.5) is 0 Å². The Bertz CT molecular complexity index is 607. The first kappa shape index (κ1) is 21.4. The first-order chi connectivity index (χ1) is 13.3. The third-order valence-electron chi connectivity index (χ3n) is 4.93. The molecule has 0 amide bonds. The molecule has 3 nitrogen and oxygen atoms in total. The van der Waals surface area contributed by atoms with E-state index < -0.39 is 0 Å². The van der Waals surface area contributed by atoms with Gasteiger partial charge in [-0.1, -0.05) is 89.5 Å². The van der Waals surface area contributed by atoms with Gasteiger partial charge in [0.05, 0.1) is 19.0 Å². The number of ether oxygens (including phenoxy) is 1. The van der Waals surface area contributed by atoms with E-state index in [1.54, 1.807) is 12.4 Å². The van der Waals surface area contributed by atoms with Crippen LogP contribution in [-0.4, -0.2) is 16.6 Å². The fraction of sp³-hybridized carbons (Fsp3) is 0.583. The summed E-state index contributed by atoms with van der Waals surface area (Å²) in [6, 6.07) is 8.59. The molecule has 0 spiro atoms. The predicted molar refractivity (Wildman–Crippen MR) is 114 cm³/mol. The predicted octanol–water partition coefficient (Wildman–Crippen LogP) is 7.01. The lowest BCUT2D eigenvalue weighted by molar-refractivity contribution is 0.302. The van der Waals surface area contributed by atoms with E-state index in [0.717, 1.165) is 36.6 Å². The van der Waals surface area contributed by atoms with E-state index in [4.69, 9.17) is 4.74 Å². The second-order valence-corrected chi connectivity index (χ2v) is 7.37. The second kappa shape index (κ2) is 13.3. The lowest BCUT2D eigenvalue weighted by atomic mass is 10.1. The van der Waals surface area contributed by atoms with Crippen molar-refractivity contribution in [3.8, 4) is 17.1 Å². The first-order valence-corrected chi connectivity index (χ1v) is 10.9. The van der Waals surface area contributed by atoms with Gasteiger partial charge in [0.2, 0.25) is 0 Å². The summed E-state index contributed by atoms with van der Waals surface area (Å²) in [7, 11) is 0. The van der Waals surface area contributed by atoms with Crippen LogP contribution < -0.4 is 4.74 Å². The maximum atomic E-state index is 5.78. The molecule has 0 bridgehead atoms. The van der Waals surface area contributed by atoms with Crippen LogP contribution in [-0.2, 0) is 6.42 Å². The van der Waals surface area contributed by atoms with Crippen LogP contribution in [0.3, 0.4) is 0 Å². The van der Waals surface area contributed by atoms with Crippen LogP contribution >= 0.6 is 0 Å².